The summed E-state index contributed by atoms with van der Waals surface area (Å²) in [6, 6.07) is 10.4. The number of anilines is 1. The van der Waals surface area contributed by atoms with Crippen molar-refractivity contribution in [2.24, 2.45) is 0 Å². The van der Waals surface area contributed by atoms with Crippen LogP contribution in [0.4, 0.5) is 5.13 Å². The number of carbonyl (C=O) groups is 1. The summed E-state index contributed by atoms with van der Waals surface area (Å²) in [7, 11) is -3.42. The Morgan fingerprint density at radius 3 is 2.64 bits per heavy atom. The van der Waals surface area contributed by atoms with Crippen LogP contribution in [0.3, 0.4) is 0 Å². The van der Waals surface area contributed by atoms with E-state index in [2.05, 4.69) is 11.1 Å². The Labute approximate surface area is 197 Å². The largest absolute Gasteiger partial charge is 0.337 e. The average molecular weight is 483 g/mol. The topological polar surface area (TPSA) is 85.2 Å². The lowest BCUT2D eigenvalue weighted by atomic mass is 10.1. The lowest BCUT2D eigenvalue weighted by Gasteiger charge is -2.20. The zero-order chi connectivity index (χ0) is 23.6. The fourth-order valence-electron chi connectivity index (χ4n) is 3.62. The molecule has 0 aliphatic rings. The highest BCUT2D eigenvalue weighted by Gasteiger charge is 2.23. The van der Waals surface area contributed by atoms with Gasteiger partial charge < -0.3 is 4.57 Å². The van der Waals surface area contributed by atoms with Gasteiger partial charge in [-0.1, -0.05) is 36.5 Å². The number of hydrogen-bond acceptors (Lipinski definition) is 6. The average Bonchev–Trinajstić information content (AvgIpc) is 3.50. The number of carbonyl (C=O) groups excluding carboxylic acids is 1. The van der Waals surface area contributed by atoms with E-state index in [0.29, 0.717) is 30.2 Å². The third kappa shape index (κ3) is 4.84. The third-order valence-electron chi connectivity index (χ3n) is 5.58. The van der Waals surface area contributed by atoms with Crippen molar-refractivity contribution < 1.29 is 13.2 Å². The number of benzene rings is 2. The second-order valence-corrected chi connectivity index (χ2v) is 11.2. The van der Waals surface area contributed by atoms with Gasteiger partial charge in [0.15, 0.2) is 15.0 Å². The first kappa shape index (κ1) is 23.1. The van der Waals surface area contributed by atoms with Crippen molar-refractivity contribution in [2.45, 2.75) is 38.6 Å². The van der Waals surface area contributed by atoms with Crippen LogP contribution in [0.5, 0.6) is 0 Å². The summed E-state index contributed by atoms with van der Waals surface area (Å²) in [5.74, 6) is -0.279. The molecule has 0 saturated carbocycles. The van der Waals surface area contributed by atoms with Crippen molar-refractivity contribution in [1.82, 2.24) is 14.5 Å². The Kier molecular flexibility index (Phi) is 6.62. The molecule has 0 aliphatic heterocycles. The van der Waals surface area contributed by atoms with E-state index in [0.717, 1.165) is 21.3 Å². The van der Waals surface area contributed by atoms with E-state index in [1.54, 1.807) is 36.5 Å². The Morgan fingerprint density at radius 1 is 1.15 bits per heavy atom. The summed E-state index contributed by atoms with van der Waals surface area (Å²) < 4.78 is 27.8. The molecule has 0 fully saturated rings. The molecule has 9 heteroatoms. The fraction of sp³-hybridized carbons (Fsp3) is 0.292. The predicted molar refractivity (Wildman–Crippen MR) is 132 cm³/mol. The first-order chi connectivity index (χ1) is 15.8. The van der Waals surface area contributed by atoms with Crippen LogP contribution in [0, 0.1) is 13.8 Å². The molecule has 4 aromatic rings. The summed E-state index contributed by atoms with van der Waals surface area (Å²) in [6.45, 7) is 6.79. The van der Waals surface area contributed by atoms with E-state index < -0.39 is 9.84 Å². The van der Waals surface area contributed by atoms with Gasteiger partial charge in [0.05, 0.1) is 27.2 Å². The van der Waals surface area contributed by atoms with Crippen LogP contribution in [0.15, 0.2) is 60.0 Å². The van der Waals surface area contributed by atoms with Crippen LogP contribution in [0.1, 0.15) is 34.8 Å². The molecule has 0 radical (unpaired) electrons. The molecule has 2 aromatic carbocycles. The molecule has 0 saturated heterocycles. The van der Waals surface area contributed by atoms with E-state index in [4.69, 9.17) is 4.98 Å². The van der Waals surface area contributed by atoms with Crippen LogP contribution in [-0.4, -0.2) is 41.2 Å². The molecule has 0 bridgehead atoms. The zero-order valence-corrected chi connectivity index (χ0v) is 20.5. The molecule has 172 valence electrons. The van der Waals surface area contributed by atoms with Crippen molar-refractivity contribution >= 4 is 42.4 Å². The van der Waals surface area contributed by atoms with Crippen LogP contribution < -0.4 is 4.90 Å². The second-order valence-electron chi connectivity index (χ2n) is 7.92. The summed E-state index contributed by atoms with van der Waals surface area (Å²) in [6.07, 6.45) is 6.05. The van der Waals surface area contributed by atoms with Crippen LogP contribution in [-0.2, 0) is 16.4 Å². The van der Waals surface area contributed by atoms with E-state index in [-0.39, 0.29) is 16.6 Å². The normalized spacial score (nSPS) is 11.7. The number of imidazole rings is 1. The first-order valence-corrected chi connectivity index (χ1v) is 13.2. The number of amides is 1. The molecule has 33 heavy (non-hydrogen) atoms. The Balaban J connectivity index is 1.71. The molecule has 1 amide bonds. The number of aromatic nitrogens is 3. The standard InChI is InChI=1S/C24H26N4O3S2/c1-4-33(30,31)20-8-5-7-19(15-20)23(29)28(13-6-12-27-14-11-25-16-27)24-26-21-17(2)9-10-18(3)22(21)32-24/h5,7-11,14-16H,4,6,12-13H2,1-3H3. The van der Waals surface area contributed by atoms with Gasteiger partial charge in [-0.2, -0.15) is 0 Å². The van der Waals surface area contributed by atoms with Gasteiger partial charge in [-0.05, 0) is 49.6 Å². The zero-order valence-electron chi connectivity index (χ0n) is 18.9. The lowest BCUT2D eigenvalue weighted by Crippen LogP contribution is -2.32. The van der Waals surface area contributed by atoms with Gasteiger partial charge in [0.1, 0.15) is 0 Å². The number of aryl methyl sites for hydroxylation is 3. The second kappa shape index (κ2) is 9.44. The number of hydrogen-bond donors (Lipinski definition) is 0. The van der Waals surface area contributed by atoms with Gasteiger partial charge >= 0.3 is 0 Å². The lowest BCUT2D eigenvalue weighted by molar-refractivity contribution is 0.0986. The third-order valence-corrected chi connectivity index (χ3v) is 8.53. The van der Waals surface area contributed by atoms with E-state index in [1.165, 1.54) is 23.5 Å². The number of sulfone groups is 1. The summed E-state index contributed by atoms with van der Waals surface area (Å²) in [5, 5.41) is 0.613. The van der Waals surface area contributed by atoms with Crippen molar-refractivity contribution in [3.05, 3.63) is 71.8 Å². The molecule has 2 heterocycles. The highest BCUT2D eigenvalue weighted by Crippen LogP contribution is 2.34. The molecule has 2 aromatic heterocycles. The predicted octanol–water partition coefficient (Wildman–Crippen LogP) is 4.64. The highest BCUT2D eigenvalue weighted by atomic mass is 32.2. The molecular weight excluding hydrogens is 456 g/mol. The number of fused-ring (bicyclic) bond motifs is 1. The SMILES string of the molecule is CCS(=O)(=O)c1cccc(C(=O)N(CCCn2ccnc2)c2nc3c(C)ccc(C)c3s2)c1. The van der Waals surface area contributed by atoms with E-state index >= 15 is 0 Å². The molecule has 4 rings (SSSR count). The maximum atomic E-state index is 13.6. The summed E-state index contributed by atoms with van der Waals surface area (Å²) in [5.41, 5.74) is 3.39. The molecule has 0 aliphatic carbocycles. The van der Waals surface area contributed by atoms with Crippen molar-refractivity contribution in [3.63, 3.8) is 0 Å². The number of rotatable bonds is 8. The maximum Gasteiger partial charge on any atom is 0.260 e. The van der Waals surface area contributed by atoms with E-state index in [1.807, 2.05) is 30.7 Å². The molecule has 0 spiro atoms. The monoisotopic (exact) mass is 482 g/mol. The Bertz CT molecular complexity index is 1350. The van der Waals surface area contributed by atoms with Crippen molar-refractivity contribution in [3.8, 4) is 0 Å². The first-order valence-electron chi connectivity index (χ1n) is 10.8. The molecule has 0 N–H and O–H groups in total. The van der Waals surface area contributed by atoms with Crippen molar-refractivity contribution in [2.75, 3.05) is 17.2 Å². The minimum absolute atomic E-state index is 0.0182. The van der Waals surface area contributed by atoms with Crippen LogP contribution in [0.25, 0.3) is 10.2 Å². The minimum Gasteiger partial charge on any atom is -0.337 e. The quantitative estimate of drug-likeness (QED) is 0.365. The Morgan fingerprint density at radius 2 is 1.94 bits per heavy atom. The fourth-order valence-corrected chi connectivity index (χ4v) is 5.68. The van der Waals surface area contributed by atoms with Crippen LogP contribution >= 0.6 is 11.3 Å². The van der Waals surface area contributed by atoms with Gasteiger partial charge in [-0.15, -0.1) is 0 Å². The highest BCUT2D eigenvalue weighted by molar-refractivity contribution is 7.91. The summed E-state index contributed by atoms with van der Waals surface area (Å²) in [4.78, 5) is 24.3. The van der Waals surface area contributed by atoms with Gasteiger partial charge in [0, 0.05) is 31.0 Å². The summed E-state index contributed by atoms with van der Waals surface area (Å²) >= 11 is 1.49. The van der Waals surface area contributed by atoms with Gasteiger partial charge in [-0.25, -0.2) is 18.4 Å². The molecular formula is C24H26N4O3S2. The molecule has 0 unspecified atom stereocenters. The van der Waals surface area contributed by atoms with Gasteiger partial charge in [0.25, 0.3) is 5.91 Å². The number of nitrogens with zero attached hydrogens (tertiary/aromatic N) is 4. The van der Waals surface area contributed by atoms with Crippen LogP contribution in [0.2, 0.25) is 0 Å². The van der Waals surface area contributed by atoms with E-state index in [9.17, 15) is 13.2 Å². The maximum absolute atomic E-state index is 13.6. The minimum atomic E-state index is -3.42. The number of thiazole rings is 1. The smallest absolute Gasteiger partial charge is 0.260 e. The van der Waals surface area contributed by atoms with Gasteiger partial charge in [0.2, 0.25) is 0 Å². The van der Waals surface area contributed by atoms with Gasteiger partial charge in [-0.3, -0.25) is 9.69 Å². The molecule has 0 atom stereocenters. The Hall–Kier alpha value is -3.04. The van der Waals surface area contributed by atoms with Crippen molar-refractivity contribution in [1.29, 1.82) is 0 Å². The molecule has 7 nitrogen and oxygen atoms in total.